The van der Waals surface area contributed by atoms with Crippen molar-refractivity contribution in [3.05, 3.63) is 0 Å². The first kappa shape index (κ1) is 16.8. The smallest absolute Gasteiger partial charge is 0.0773 e. The molecule has 1 atom stereocenters. The van der Waals surface area contributed by atoms with Crippen LogP contribution >= 0.6 is 0 Å². The van der Waals surface area contributed by atoms with E-state index in [0.29, 0.717) is 6.04 Å². The maximum absolute atomic E-state index is 6.16. The molecule has 2 N–H and O–H groups in total. The highest BCUT2D eigenvalue weighted by Gasteiger charge is 2.26. The van der Waals surface area contributed by atoms with E-state index in [9.17, 15) is 0 Å². The van der Waals surface area contributed by atoms with Gasteiger partial charge >= 0.3 is 0 Å². The molecule has 0 amide bonds. The van der Waals surface area contributed by atoms with Gasteiger partial charge in [0.05, 0.1) is 12.2 Å². The zero-order chi connectivity index (χ0) is 13.5. The van der Waals surface area contributed by atoms with E-state index < -0.39 is 0 Å². The van der Waals surface area contributed by atoms with Crippen LogP contribution in [-0.4, -0.2) is 56.5 Å². The molecule has 0 rings (SSSR count). The van der Waals surface area contributed by atoms with Crippen molar-refractivity contribution in [3.8, 4) is 0 Å². The molecule has 4 heteroatoms. The van der Waals surface area contributed by atoms with E-state index in [0.717, 1.165) is 26.1 Å². The van der Waals surface area contributed by atoms with Crippen molar-refractivity contribution in [3.63, 3.8) is 0 Å². The van der Waals surface area contributed by atoms with Gasteiger partial charge in [-0.05, 0) is 34.1 Å². The van der Waals surface area contributed by atoms with Gasteiger partial charge in [-0.1, -0.05) is 0 Å². The minimum Gasteiger partial charge on any atom is -0.383 e. The molecule has 0 aliphatic rings. The second-order valence-corrected chi connectivity index (χ2v) is 5.33. The molecule has 1 unspecified atom stereocenters. The average Bonchev–Trinajstić information content (AvgIpc) is 2.28. The van der Waals surface area contributed by atoms with Crippen LogP contribution in [0.25, 0.3) is 0 Å². The van der Waals surface area contributed by atoms with Crippen molar-refractivity contribution in [2.45, 2.75) is 51.8 Å². The zero-order valence-corrected chi connectivity index (χ0v) is 12.3. The van der Waals surface area contributed by atoms with Gasteiger partial charge in [0.1, 0.15) is 0 Å². The van der Waals surface area contributed by atoms with Gasteiger partial charge in [-0.2, -0.15) is 0 Å². The number of hydrogen-bond acceptors (Lipinski definition) is 4. The van der Waals surface area contributed by atoms with Crippen LogP contribution in [0.3, 0.4) is 0 Å². The Kier molecular flexibility index (Phi) is 7.96. The van der Waals surface area contributed by atoms with Crippen LogP contribution in [0.4, 0.5) is 0 Å². The number of hydrogen-bond donors (Lipinski definition) is 1. The Balaban J connectivity index is 4.12. The summed E-state index contributed by atoms with van der Waals surface area (Å²) in [6.45, 7) is 11.2. The van der Waals surface area contributed by atoms with Gasteiger partial charge in [0.15, 0.2) is 0 Å². The van der Waals surface area contributed by atoms with Gasteiger partial charge < -0.3 is 15.2 Å². The second kappa shape index (κ2) is 8.03. The number of rotatable bonds is 9. The Hall–Kier alpha value is -0.160. The molecule has 0 bridgehead atoms. The quantitative estimate of drug-likeness (QED) is 0.669. The molecule has 4 nitrogen and oxygen atoms in total. The summed E-state index contributed by atoms with van der Waals surface area (Å²) in [5.41, 5.74) is 5.90. The normalized spacial score (nSPS) is 14.6. The molecular formula is C13H30N2O2. The van der Waals surface area contributed by atoms with Gasteiger partial charge in [0, 0.05) is 39.4 Å². The Morgan fingerprint density at radius 3 is 2.18 bits per heavy atom. The van der Waals surface area contributed by atoms with Crippen LogP contribution in [0.5, 0.6) is 0 Å². The lowest BCUT2D eigenvalue weighted by atomic mass is 9.96. The van der Waals surface area contributed by atoms with E-state index >= 15 is 0 Å². The van der Waals surface area contributed by atoms with Gasteiger partial charge in [0.25, 0.3) is 0 Å². The average molecular weight is 246 g/mol. The van der Waals surface area contributed by atoms with Gasteiger partial charge in [-0.3, -0.25) is 4.90 Å². The molecule has 0 radical (unpaired) electrons. The van der Waals surface area contributed by atoms with Crippen molar-refractivity contribution < 1.29 is 9.47 Å². The zero-order valence-electron chi connectivity index (χ0n) is 12.3. The lowest BCUT2D eigenvalue weighted by Gasteiger charge is -2.33. The van der Waals surface area contributed by atoms with Crippen LogP contribution in [0.15, 0.2) is 0 Å². The van der Waals surface area contributed by atoms with Crippen molar-refractivity contribution in [2.24, 2.45) is 5.73 Å². The summed E-state index contributed by atoms with van der Waals surface area (Å²) in [4.78, 5) is 2.38. The Labute approximate surface area is 106 Å². The van der Waals surface area contributed by atoms with Gasteiger partial charge in [-0.15, -0.1) is 0 Å². The van der Waals surface area contributed by atoms with Gasteiger partial charge in [0.2, 0.25) is 0 Å². The highest BCUT2D eigenvalue weighted by Crippen LogP contribution is 2.15. The SMILES string of the molecule is COCCN(CCC(N)C(C)(C)OC)C(C)C. The van der Waals surface area contributed by atoms with Crippen LogP contribution in [0.2, 0.25) is 0 Å². The molecular weight excluding hydrogens is 216 g/mol. The molecule has 0 aromatic rings. The third-order valence-electron chi connectivity index (χ3n) is 3.46. The third kappa shape index (κ3) is 6.36. The molecule has 0 heterocycles. The molecule has 17 heavy (non-hydrogen) atoms. The van der Waals surface area contributed by atoms with Crippen LogP contribution in [-0.2, 0) is 9.47 Å². The monoisotopic (exact) mass is 246 g/mol. The highest BCUT2D eigenvalue weighted by molar-refractivity contribution is 4.83. The topological polar surface area (TPSA) is 47.7 Å². The summed E-state index contributed by atoms with van der Waals surface area (Å²) in [6, 6.07) is 0.569. The Morgan fingerprint density at radius 1 is 1.18 bits per heavy atom. The molecule has 0 aliphatic heterocycles. The highest BCUT2D eigenvalue weighted by atomic mass is 16.5. The second-order valence-electron chi connectivity index (χ2n) is 5.33. The van der Waals surface area contributed by atoms with E-state index in [-0.39, 0.29) is 11.6 Å². The van der Waals surface area contributed by atoms with Crippen LogP contribution < -0.4 is 5.73 Å². The van der Waals surface area contributed by atoms with E-state index in [1.165, 1.54) is 0 Å². The molecule has 0 saturated heterocycles. The predicted octanol–water partition coefficient (Wildman–Crippen LogP) is 1.49. The number of nitrogens with two attached hydrogens (primary N) is 1. The third-order valence-corrected chi connectivity index (χ3v) is 3.46. The van der Waals surface area contributed by atoms with Crippen molar-refractivity contribution >= 4 is 0 Å². The maximum atomic E-state index is 6.16. The summed E-state index contributed by atoms with van der Waals surface area (Å²) in [5, 5.41) is 0. The van der Waals surface area contributed by atoms with Gasteiger partial charge in [-0.25, -0.2) is 0 Å². The van der Waals surface area contributed by atoms with Crippen LogP contribution in [0.1, 0.15) is 34.1 Å². The minimum absolute atomic E-state index is 0.0521. The Morgan fingerprint density at radius 2 is 1.76 bits per heavy atom. The summed E-state index contributed by atoms with van der Waals surface area (Å²) < 4.78 is 10.5. The first-order valence-electron chi connectivity index (χ1n) is 6.38. The van der Waals surface area contributed by atoms with E-state index in [4.69, 9.17) is 15.2 Å². The molecule has 0 fully saturated rings. The molecule has 104 valence electrons. The molecule has 0 aromatic carbocycles. The summed E-state index contributed by atoms with van der Waals surface area (Å²) >= 11 is 0. The van der Waals surface area contributed by atoms with Crippen molar-refractivity contribution in [1.29, 1.82) is 0 Å². The number of methoxy groups -OCH3 is 2. The largest absolute Gasteiger partial charge is 0.383 e. The molecule has 0 saturated carbocycles. The standard InChI is InChI=1S/C13H30N2O2/c1-11(2)15(9-10-16-5)8-7-12(14)13(3,4)17-6/h11-12H,7-10,14H2,1-6H3. The Bertz CT molecular complexity index is 196. The summed E-state index contributed by atoms with van der Waals surface area (Å²) in [5.74, 6) is 0. The predicted molar refractivity (Wildman–Crippen MR) is 72.3 cm³/mol. The fraction of sp³-hybridized carbons (Fsp3) is 1.00. The molecule has 0 aromatic heterocycles. The van der Waals surface area contributed by atoms with Crippen molar-refractivity contribution in [2.75, 3.05) is 33.9 Å². The van der Waals surface area contributed by atoms with E-state index in [1.807, 2.05) is 13.8 Å². The summed E-state index contributed by atoms with van der Waals surface area (Å²) in [7, 11) is 3.45. The first-order valence-corrected chi connectivity index (χ1v) is 6.38. The fourth-order valence-electron chi connectivity index (χ4n) is 1.64. The first-order chi connectivity index (χ1) is 7.85. The lowest BCUT2D eigenvalue weighted by Crippen LogP contribution is -2.47. The van der Waals surface area contributed by atoms with E-state index in [2.05, 4.69) is 18.7 Å². The molecule has 0 aliphatic carbocycles. The van der Waals surface area contributed by atoms with Crippen LogP contribution in [0, 0.1) is 0 Å². The maximum Gasteiger partial charge on any atom is 0.0773 e. The number of nitrogens with zero attached hydrogens (tertiary/aromatic N) is 1. The summed E-state index contributed by atoms with van der Waals surface area (Å²) in [6.07, 6.45) is 0.933. The molecule has 0 spiro atoms. The van der Waals surface area contributed by atoms with Crippen molar-refractivity contribution in [1.82, 2.24) is 4.90 Å². The lowest BCUT2D eigenvalue weighted by molar-refractivity contribution is -0.00502. The number of ether oxygens (including phenoxy) is 2. The minimum atomic E-state index is -0.260. The fourth-order valence-corrected chi connectivity index (χ4v) is 1.64. The van der Waals surface area contributed by atoms with E-state index in [1.54, 1.807) is 14.2 Å².